The van der Waals surface area contributed by atoms with Crippen LogP contribution < -0.4 is 11.1 Å². The van der Waals surface area contributed by atoms with E-state index in [1.165, 1.54) is 0 Å². The summed E-state index contributed by atoms with van der Waals surface area (Å²) in [5, 5.41) is 12.1. The fourth-order valence-electron chi connectivity index (χ4n) is 2.87. The first-order valence-corrected chi connectivity index (χ1v) is 7.70. The van der Waals surface area contributed by atoms with Gasteiger partial charge in [0.2, 0.25) is 5.91 Å². The van der Waals surface area contributed by atoms with Gasteiger partial charge in [-0.3, -0.25) is 4.79 Å². The van der Waals surface area contributed by atoms with Crippen LogP contribution in [0.1, 0.15) is 44.1 Å². The van der Waals surface area contributed by atoms with E-state index >= 15 is 0 Å². The quantitative estimate of drug-likeness (QED) is 0.839. The highest BCUT2D eigenvalue weighted by molar-refractivity contribution is 6.33. The number of carbonyl (C=O) groups is 1. The zero-order valence-corrected chi connectivity index (χ0v) is 12.7. The van der Waals surface area contributed by atoms with E-state index in [4.69, 9.17) is 22.6 Å². The third-order valence-electron chi connectivity index (χ3n) is 4.28. The number of hydrogen-bond donors (Lipinski definition) is 2. The minimum Gasteiger partial charge on any atom is -0.329 e. The third-order valence-corrected chi connectivity index (χ3v) is 4.59. The van der Waals surface area contributed by atoms with Crippen molar-refractivity contribution in [1.29, 1.82) is 5.26 Å². The van der Waals surface area contributed by atoms with Gasteiger partial charge < -0.3 is 11.1 Å². The summed E-state index contributed by atoms with van der Waals surface area (Å²) < 4.78 is 0. The molecule has 1 aliphatic carbocycles. The third kappa shape index (κ3) is 3.55. The monoisotopic (exact) mass is 305 g/mol. The molecule has 0 saturated heterocycles. The number of amides is 1. The fraction of sp³-hybridized carbons (Fsp3) is 0.500. The topological polar surface area (TPSA) is 78.9 Å². The van der Waals surface area contributed by atoms with E-state index in [2.05, 4.69) is 5.32 Å². The SMILES string of the molecule is N#Cc1ccc(NC(=O)C2(CN)CCCCCC2)c(Cl)c1. The first-order chi connectivity index (χ1) is 10.1. The lowest BCUT2D eigenvalue weighted by Gasteiger charge is -2.30. The molecular formula is C16H20ClN3O. The van der Waals surface area contributed by atoms with Gasteiger partial charge in [0.05, 0.1) is 27.8 Å². The molecule has 1 aromatic rings. The van der Waals surface area contributed by atoms with Crippen LogP contribution >= 0.6 is 11.6 Å². The second-order valence-electron chi connectivity index (χ2n) is 5.66. The largest absolute Gasteiger partial charge is 0.329 e. The van der Waals surface area contributed by atoms with Crippen LogP contribution in [-0.4, -0.2) is 12.5 Å². The van der Waals surface area contributed by atoms with Crippen LogP contribution in [0.4, 0.5) is 5.69 Å². The molecule has 0 heterocycles. The van der Waals surface area contributed by atoms with Crippen LogP contribution in [0, 0.1) is 16.7 Å². The average Bonchev–Trinajstić information content (AvgIpc) is 2.75. The number of nitrogens with zero attached hydrogens (tertiary/aromatic N) is 1. The molecule has 1 saturated carbocycles. The molecule has 0 unspecified atom stereocenters. The van der Waals surface area contributed by atoms with Gasteiger partial charge in [-0.15, -0.1) is 0 Å². The van der Waals surface area contributed by atoms with Crippen molar-refractivity contribution in [3.05, 3.63) is 28.8 Å². The Kier molecular flexibility index (Phi) is 5.22. The molecule has 2 rings (SSSR count). The molecule has 21 heavy (non-hydrogen) atoms. The molecule has 4 nitrogen and oxygen atoms in total. The lowest BCUT2D eigenvalue weighted by Crippen LogP contribution is -2.42. The highest BCUT2D eigenvalue weighted by atomic mass is 35.5. The summed E-state index contributed by atoms with van der Waals surface area (Å²) in [6, 6.07) is 6.89. The lowest BCUT2D eigenvalue weighted by molar-refractivity contribution is -0.125. The lowest BCUT2D eigenvalue weighted by atomic mass is 9.79. The molecule has 112 valence electrons. The molecule has 0 aromatic heterocycles. The highest BCUT2D eigenvalue weighted by Crippen LogP contribution is 2.36. The van der Waals surface area contributed by atoms with Crippen molar-refractivity contribution >= 4 is 23.2 Å². The molecule has 1 fully saturated rings. The fourth-order valence-corrected chi connectivity index (χ4v) is 3.10. The van der Waals surface area contributed by atoms with Crippen LogP contribution in [0.5, 0.6) is 0 Å². The van der Waals surface area contributed by atoms with Crippen molar-refractivity contribution < 1.29 is 4.79 Å². The molecule has 1 aromatic carbocycles. The summed E-state index contributed by atoms with van der Waals surface area (Å²) in [7, 11) is 0. The summed E-state index contributed by atoms with van der Waals surface area (Å²) in [4.78, 5) is 12.7. The van der Waals surface area contributed by atoms with Crippen molar-refractivity contribution in [2.24, 2.45) is 11.1 Å². The van der Waals surface area contributed by atoms with E-state index in [9.17, 15) is 4.79 Å². The van der Waals surface area contributed by atoms with Crippen LogP contribution in [0.15, 0.2) is 18.2 Å². The van der Waals surface area contributed by atoms with Gasteiger partial charge in [0.25, 0.3) is 0 Å². The maximum Gasteiger partial charge on any atom is 0.231 e. The van der Waals surface area contributed by atoms with E-state index in [1.807, 2.05) is 6.07 Å². The number of anilines is 1. The Morgan fingerprint density at radius 1 is 1.33 bits per heavy atom. The Hall–Kier alpha value is -1.57. The number of nitrogens with one attached hydrogen (secondary N) is 1. The van der Waals surface area contributed by atoms with Crippen molar-refractivity contribution in [1.82, 2.24) is 0 Å². The van der Waals surface area contributed by atoms with Gasteiger partial charge in [0.1, 0.15) is 0 Å². The molecule has 1 aliphatic rings. The Morgan fingerprint density at radius 2 is 2.00 bits per heavy atom. The van der Waals surface area contributed by atoms with Gasteiger partial charge in [0.15, 0.2) is 0 Å². The normalized spacial score (nSPS) is 17.6. The molecule has 0 aliphatic heterocycles. The molecule has 0 radical (unpaired) electrons. The summed E-state index contributed by atoms with van der Waals surface area (Å²) in [6.45, 7) is 0.354. The minimum atomic E-state index is -0.492. The first kappa shape index (κ1) is 15.8. The van der Waals surface area contributed by atoms with E-state index < -0.39 is 5.41 Å². The molecule has 1 amide bonds. The van der Waals surface area contributed by atoms with Crippen molar-refractivity contribution in [3.8, 4) is 6.07 Å². The van der Waals surface area contributed by atoms with Gasteiger partial charge >= 0.3 is 0 Å². The van der Waals surface area contributed by atoms with Gasteiger partial charge in [-0.1, -0.05) is 37.3 Å². The minimum absolute atomic E-state index is 0.0569. The van der Waals surface area contributed by atoms with Crippen LogP contribution in [-0.2, 0) is 4.79 Å². The Balaban J connectivity index is 2.17. The van der Waals surface area contributed by atoms with Crippen molar-refractivity contribution in [3.63, 3.8) is 0 Å². The molecule has 0 spiro atoms. The molecule has 0 bridgehead atoms. The summed E-state index contributed by atoms with van der Waals surface area (Å²) in [6.07, 6.45) is 6.03. The van der Waals surface area contributed by atoms with E-state index in [1.54, 1.807) is 18.2 Å². The van der Waals surface area contributed by atoms with Gasteiger partial charge in [0, 0.05) is 6.54 Å². The van der Waals surface area contributed by atoms with Gasteiger partial charge in [-0.2, -0.15) is 5.26 Å². The van der Waals surface area contributed by atoms with Crippen LogP contribution in [0.3, 0.4) is 0 Å². The van der Waals surface area contributed by atoms with Crippen molar-refractivity contribution in [2.45, 2.75) is 38.5 Å². The molecule has 3 N–H and O–H groups in total. The zero-order valence-electron chi connectivity index (χ0n) is 12.0. The summed E-state index contributed by atoms with van der Waals surface area (Å²) in [5.41, 5.74) is 6.43. The Morgan fingerprint density at radius 3 is 2.52 bits per heavy atom. The number of halogens is 1. The molecule has 5 heteroatoms. The summed E-state index contributed by atoms with van der Waals surface area (Å²) >= 11 is 6.11. The number of carbonyl (C=O) groups excluding carboxylic acids is 1. The average molecular weight is 306 g/mol. The molecular weight excluding hydrogens is 286 g/mol. The number of hydrogen-bond acceptors (Lipinski definition) is 3. The van der Waals surface area contributed by atoms with Gasteiger partial charge in [-0.05, 0) is 31.0 Å². The maximum absolute atomic E-state index is 12.7. The van der Waals surface area contributed by atoms with Crippen LogP contribution in [0.25, 0.3) is 0 Å². The van der Waals surface area contributed by atoms with Crippen LogP contribution in [0.2, 0.25) is 5.02 Å². The zero-order chi connectivity index (χ0) is 15.3. The summed E-state index contributed by atoms with van der Waals surface area (Å²) in [5.74, 6) is -0.0569. The van der Waals surface area contributed by atoms with Gasteiger partial charge in [-0.25, -0.2) is 0 Å². The Labute approximate surface area is 130 Å². The first-order valence-electron chi connectivity index (χ1n) is 7.32. The number of rotatable bonds is 3. The Bertz CT molecular complexity index is 557. The molecule has 0 atom stereocenters. The maximum atomic E-state index is 12.7. The second-order valence-corrected chi connectivity index (χ2v) is 6.07. The van der Waals surface area contributed by atoms with E-state index in [0.717, 1.165) is 38.5 Å². The highest BCUT2D eigenvalue weighted by Gasteiger charge is 2.37. The standard InChI is InChI=1S/C16H20ClN3O/c17-13-9-12(10-18)5-6-14(13)20-15(21)16(11-19)7-3-1-2-4-8-16/h5-6,9H,1-4,7-8,11,19H2,(H,20,21). The number of nitrogens with two attached hydrogens (primary N) is 1. The predicted molar refractivity (Wildman–Crippen MR) is 84.0 cm³/mol. The number of nitriles is 1. The van der Waals surface area contributed by atoms with E-state index in [-0.39, 0.29) is 5.91 Å². The van der Waals surface area contributed by atoms with E-state index in [0.29, 0.717) is 22.8 Å². The number of benzene rings is 1. The smallest absolute Gasteiger partial charge is 0.231 e. The second kappa shape index (κ2) is 6.93. The van der Waals surface area contributed by atoms with Crippen molar-refractivity contribution in [2.75, 3.05) is 11.9 Å². The predicted octanol–water partition coefficient (Wildman–Crippen LogP) is 3.45.